The third-order valence-electron chi connectivity index (χ3n) is 14.2. The van der Waals surface area contributed by atoms with Crippen LogP contribution in [0.5, 0.6) is 0 Å². The summed E-state index contributed by atoms with van der Waals surface area (Å²) in [6.07, 6.45) is 0. The van der Waals surface area contributed by atoms with E-state index in [1.807, 2.05) is 0 Å². The highest BCUT2D eigenvalue weighted by Gasteiger charge is 2.24. The molecule has 10 aromatic carbocycles. The molecular weight excluding hydrogens is 881 g/mol. The Morgan fingerprint density at radius 3 is 1.39 bits per heavy atom. The van der Waals surface area contributed by atoms with Crippen molar-refractivity contribution in [3.8, 4) is 61.3 Å². The molecule has 12 aromatic rings. The van der Waals surface area contributed by atoms with E-state index < -0.39 is 0 Å². The van der Waals surface area contributed by atoms with Crippen LogP contribution in [0.3, 0.4) is 0 Å². The number of anilines is 3. The van der Waals surface area contributed by atoms with E-state index in [1.54, 1.807) is 0 Å². The summed E-state index contributed by atoms with van der Waals surface area (Å²) in [5.74, 6) is 0. The van der Waals surface area contributed by atoms with Crippen molar-refractivity contribution >= 4 is 61.6 Å². The lowest BCUT2D eigenvalue weighted by Crippen LogP contribution is -2.11. The molecule has 0 spiro atoms. The molecule has 12 rings (SSSR count). The maximum atomic E-state index is 5.09. The first kappa shape index (κ1) is 43.9. The monoisotopic (exact) mass is 932 g/mol. The minimum absolute atomic E-state index is 0.864. The zero-order valence-electron chi connectivity index (χ0n) is 40.8. The van der Waals surface area contributed by atoms with E-state index in [1.165, 1.54) is 100 Å². The highest BCUT2D eigenvalue weighted by Crippen LogP contribution is 2.46. The number of para-hydroxylation sites is 2. The van der Waals surface area contributed by atoms with Crippen LogP contribution in [0.25, 0.3) is 94.2 Å². The molecule has 4 nitrogen and oxygen atoms in total. The number of fused-ring (bicyclic) bond motifs is 4. The van der Waals surface area contributed by atoms with Gasteiger partial charge < -0.3 is 9.47 Å². The summed E-state index contributed by atoms with van der Waals surface area (Å²) in [5, 5.41) is 2.38. The van der Waals surface area contributed by atoms with Crippen LogP contribution in [0.1, 0.15) is 33.4 Å². The molecule has 0 unspecified atom stereocenters. The molecule has 0 aliphatic heterocycles. The average Bonchev–Trinajstić information content (AvgIpc) is 4.01. The normalized spacial score (nSPS) is 11.5. The maximum absolute atomic E-state index is 5.09. The van der Waals surface area contributed by atoms with Crippen LogP contribution in [0.4, 0.5) is 17.1 Å². The van der Waals surface area contributed by atoms with Crippen molar-refractivity contribution in [1.82, 2.24) is 13.3 Å². The fourth-order valence-corrected chi connectivity index (χ4v) is 12.0. The fraction of sp³-hybridized carbons (Fsp3) is 0.0909. The smallest absolute Gasteiger partial charge is 0.129 e. The molecule has 71 heavy (non-hydrogen) atoms. The maximum Gasteiger partial charge on any atom is 0.129 e. The van der Waals surface area contributed by atoms with E-state index in [2.05, 4.69) is 257 Å². The van der Waals surface area contributed by atoms with E-state index in [4.69, 9.17) is 8.75 Å². The first-order chi connectivity index (χ1) is 34.7. The lowest BCUT2D eigenvalue weighted by atomic mass is 9.93. The van der Waals surface area contributed by atoms with Crippen molar-refractivity contribution in [2.24, 2.45) is 0 Å². The van der Waals surface area contributed by atoms with Crippen LogP contribution in [-0.4, -0.2) is 13.3 Å². The Morgan fingerprint density at radius 2 is 0.845 bits per heavy atom. The summed E-state index contributed by atoms with van der Waals surface area (Å²) < 4.78 is 12.6. The van der Waals surface area contributed by atoms with Crippen LogP contribution < -0.4 is 4.90 Å². The van der Waals surface area contributed by atoms with Gasteiger partial charge in [-0.2, -0.15) is 8.75 Å². The van der Waals surface area contributed by atoms with Gasteiger partial charge in [-0.15, -0.1) is 0 Å². The average molecular weight is 933 g/mol. The zero-order valence-corrected chi connectivity index (χ0v) is 41.6. The molecule has 0 saturated carbocycles. The van der Waals surface area contributed by atoms with Gasteiger partial charge in [0, 0.05) is 38.8 Å². The van der Waals surface area contributed by atoms with E-state index in [9.17, 15) is 0 Å². The van der Waals surface area contributed by atoms with Crippen molar-refractivity contribution in [3.05, 3.63) is 240 Å². The predicted octanol–water partition coefficient (Wildman–Crippen LogP) is 18.4. The van der Waals surface area contributed by atoms with Gasteiger partial charge in [-0.25, -0.2) is 0 Å². The molecule has 342 valence electrons. The van der Waals surface area contributed by atoms with Crippen LogP contribution >= 0.6 is 11.7 Å². The Balaban J connectivity index is 1.01. The fourth-order valence-electron chi connectivity index (χ4n) is 11.4. The molecule has 2 heterocycles. The van der Waals surface area contributed by atoms with Crippen LogP contribution in [-0.2, 0) is 0 Å². The molecule has 0 fully saturated rings. The third kappa shape index (κ3) is 7.70. The molecule has 2 aromatic heterocycles. The molecule has 0 aliphatic rings. The summed E-state index contributed by atoms with van der Waals surface area (Å²) >= 11 is 1.27. The van der Waals surface area contributed by atoms with Gasteiger partial charge in [0.15, 0.2) is 0 Å². The van der Waals surface area contributed by atoms with Crippen molar-refractivity contribution in [3.63, 3.8) is 0 Å². The Morgan fingerprint density at radius 1 is 0.366 bits per heavy atom. The predicted molar refractivity (Wildman–Crippen MR) is 302 cm³/mol. The second kappa shape index (κ2) is 17.9. The Bertz CT molecular complexity index is 3770. The summed E-state index contributed by atoms with van der Waals surface area (Å²) in [6.45, 7) is 13.2. The summed E-state index contributed by atoms with van der Waals surface area (Å²) in [7, 11) is 0. The second-order valence-electron chi connectivity index (χ2n) is 19.1. The molecule has 0 N–H and O–H groups in total. The summed E-state index contributed by atoms with van der Waals surface area (Å²) in [4.78, 5) is 2.34. The van der Waals surface area contributed by atoms with Crippen LogP contribution in [0, 0.1) is 41.5 Å². The Labute approximate surface area is 420 Å². The van der Waals surface area contributed by atoms with Gasteiger partial charge in [0.1, 0.15) is 11.0 Å². The largest absolute Gasteiger partial charge is 0.308 e. The Hall–Kier alpha value is -8.38. The van der Waals surface area contributed by atoms with Gasteiger partial charge >= 0.3 is 0 Å². The number of benzene rings is 10. The summed E-state index contributed by atoms with van der Waals surface area (Å²) in [6, 6.07) is 75.5. The standard InChI is InChI=1S/C66H52N4S/c1-41-36-43(3)62(44(4)37-41)49-24-29-52(30-25-49)69(53-31-26-50(27-32-53)63-45(5)38-42(2)39-46(63)6)61-35-33-54(64-65(61)68-71-67-64)51-28-34-60-58(40-51)57-20-13-14-23-59(57)70(60)66-55(47-16-9-7-10-17-47)21-15-22-56(66)48-18-11-8-12-19-48/h7-40H,1-6H3. The van der Waals surface area contributed by atoms with Gasteiger partial charge in [-0.1, -0.05) is 163 Å². The lowest BCUT2D eigenvalue weighted by Gasteiger charge is -2.27. The van der Waals surface area contributed by atoms with E-state index in [-0.39, 0.29) is 0 Å². The van der Waals surface area contributed by atoms with Gasteiger partial charge in [0.2, 0.25) is 0 Å². The SMILES string of the molecule is Cc1cc(C)c(-c2ccc(N(c3ccc(-c4c(C)cc(C)cc4C)cc3)c3ccc(-c4ccc5c(c4)c4ccccc4n5-c4c(-c5ccccc5)cccc4-c4ccccc4)c4nsnc34)cc2)c(C)c1. The number of hydrogen-bond donors (Lipinski definition) is 0. The van der Waals surface area contributed by atoms with Gasteiger partial charge in [-0.3, -0.25) is 0 Å². The van der Waals surface area contributed by atoms with Crippen molar-refractivity contribution < 1.29 is 0 Å². The second-order valence-corrected chi connectivity index (χ2v) is 19.6. The molecule has 0 amide bonds. The lowest BCUT2D eigenvalue weighted by molar-refractivity contribution is 1.18. The molecule has 0 saturated heterocycles. The third-order valence-corrected chi connectivity index (χ3v) is 14.8. The first-order valence-electron chi connectivity index (χ1n) is 24.4. The van der Waals surface area contributed by atoms with Crippen LogP contribution in [0.2, 0.25) is 0 Å². The minimum atomic E-state index is 0.864. The molecule has 0 aliphatic carbocycles. The van der Waals surface area contributed by atoms with Crippen molar-refractivity contribution in [2.45, 2.75) is 41.5 Å². The number of nitrogens with zero attached hydrogens (tertiary/aromatic N) is 4. The number of hydrogen-bond acceptors (Lipinski definition) is 4. The van der Waals surface area contributed by atoms with Gasteiger partial charge in [0.05, 0.1) is 34.1 Å². The van der Waals surface area contributed by atoms with Crippen molar-refractivity contribution in [1.29, 1.82) is 0 Å². The van der Waals surface area contributed by atoms with E-state index >= 15 is 0 Å². The van der Waals surface area contributed by atoms with E-state index in [0.717, 1.165) is 55.9 Å². The molecule has 0 atom stereocenters. The zero-order chi connectivity index (χ0) is 48.3. The molecular formula is C66H52N4S. The number of aryl methyl sites for hydroxylation is 6. The number of rotatable bonds is 9. The van der Waals surface area contributed by atoms with Gasteiger partial charge in [-0.05, 0) is 157 Å². The molecule has 0 radical (unpaired) electrons. The molecule has 5 heteroatoms. The van der Waals surface area contributed by atoms with Crippen LogP contribution in [0.15, 0.2) is 206 Å². The first-order valence-corrected chi connectivity index (χ1v) is 25.1. The highest BCUT2D eigenvalue weighted by atomic mass is 32.1. The highest BCUT2D eigenvalue weighted by molar-refractivity contribution is 7.00. The topological polar surface area (TPSA) is 34.0 Å². The number of aromatic nitrogens is 3. The van der Waals surface area contributed by atoms with E-state index in [0.29, 0.717) is 0 Å². The summed E-state index contributed by atoms with van der Waals surface area (Å²) in [5.41, 5.74) is 27.8. The van der Waals surface area contributed by atoms with Crippen molar-refractivity contribution in [2.75, 3.05) is 4.90 Å². The van der Waals surface area contributed by atoms with Gasteiger partial charge in [0.25, 0.3) is 0 Å². The minimum Gasteiger partial charge on any atom is -0.308 e. The Kier molecular flexibility index (Phi) is 11.0. The quantitative estimate of drug-likeness (QED) is 0.145. The molecule has 0 bridgehead atoms.